The molecular formula is C33H42N2O6S. The number of carbonyl (C=O) groups is 4. The van der Waals surface area contributed by atoms with E-state index in [-0.39, 0.29) is 36.0 Å². The van der Waals surface area contributed by atoms with E-state index in [1.807, 2.05) is 19.1 Å². The normalized spacial score (nSPS) is 26.5. The molecule has 9 heteroatoms. The summed E-state index contributed by atoms with van der Waals surface area (Å²) in [7, 11) is 0. The molecule has 3 unspecified atom stereocenters. The summed E-state index contributed by atoms with van der Waals surface area (Å²) in [6.07, 6.45) is 7.01. The zero-order chi connectivity index (χ0) is 30.2. The van der Waals surface area contributed by atoms with Crippen molar-refractivity contribution >= 4 is 40.1 Å². The van der Waals surface area contributed by atoms with Crippen LogP contribution in [0.25, 0.3) is 0 Å². The number of aromatic nitrogens is 1. The molecule has 0 saturated heterocycles. The van der Waals surface area contributed by atoms with Gasteiger partial charge >= 0.3 is 11.9 Å². The van der Waals surface area contributed by atoms with Gasteiger partial charge in [0, 0.05) is 29.3 Å². The first kappa shape index (κ1) is 30.4. The highest BCUT2D eigenvalue weighted by atomic mass is 32.1. The van der Waals surface area contributed by atoms with Crippen molar-refractivity contribution in [2.45, 2.75) is 104 Å². The molecule has 5 rings (SSSR count). The van der Waals surface area contributed by atoms with Crippen molar-refractivity contribution in [2.24, 2.45) is 23.2 Å². The molecule has 8 nitrogen and oxygen atoms in total. The van der Waals surface area contributed by atoms with Gasteiger partial charge in [0.1, 0.15) is 17.1 Å². The summed E-state index contributed by atoms with van der Waals surface area (Å²) < 4.78 is 10.9. The molecular weight excluding hydrogens is 552 g/mol. The van der Waals surface area contributed by atoms with Crippen molar-refractivity contribution in [3.05, 3.63) is 40.4 Å². The van der Waals surface area contributed by atoms with Crippen molar-refractivity contribution in [1.29, 1.82) is 0 Å². The Labute approximate surface area is 252 Å². The van der Waals surface area contributed by atoms with Gasteiger partial charge in [0.15, 0.2) is 5.13 Å². The third-order valence-electron chi connectivity index (χ3n) is 9.34. The van der Waals surface area contributed by atoms with Crippen LogP contribution in [-0.4, -0.2) is 34.2 Å². The van der Waals surface area contributed by atoms with E-state index < -0.39 is 17.5 Å². The van der Waals surface area contributed by atoms with Crippen molar-refractivity contribution in [1.82, 2.24) is 4.98 Å². The van der Waals surface area contributed by atoms with Crippen molar-refractivity contribution in [3.8, 4) is 5.75 Å². The molecule has 1 aromatic heterocycles. The summed E-state index contributed by atoms with van der Waals surface area (Å²) >= 11 is 1.47. The molecule has 0 aliphatic heterocycles. The van der Waals surface area contributed by atoms with E-state index in [2.05, 4.69) is 23.3 Å². The second kappa shape index (κ2) is 11.9. The number of ether oxygens (including phenoxy) is 2. The smallest absolute Gasteiger partial charge is 0.311 e. The van der Waals surface area contributed by atoms with Gasteiger partial charge in [0.25, 0.3) is 0 Å². The molecule has 1 heterocycles. The predicted molar refractivity (Wildman–Crippen MR) is 160 cm³/mol. The van der Waals surface area contributed by atoms with Crippen molar-refractivity contribution in [3.63, 3.8) is 0 Å². The number of nitrogens with zero attached hydrogens (tertiary/aromatic N) is 1. The quantitative estimate of drug-likeness (QED) is 0.272. The third kappa shape index (κ3) is 6.61. The van der Waals surface area contributed by atoms with E-state index in [0.29, 0.717) is 47.8 Å². The molecule has 2 aromatic rings. The SMILES string of the molecule is Cc1cnc(NC(=O)CC[C@@H]2CC(=O)[C@@]3(C)CCC4c5ccc(OC(=O)CCC(=O)OC(C)(C)C)cc5CCC4C23)s1. The molecule has 226 valence electrons. The van der Waals surface area contributed by atoms with Gasteiger partial charge in [0.05, 0.1) is 12.8 Å². The summed E-state index contributed by atoms with van der Waals surface area (Å²) in [5.74, 6) is 1.14. The lowest BCUT2D eigenvalue weighted by Crippen LogP contribution is -2.44. The highest BCUT2D eigenvalue weighted by molar-refractivity contribution is 7.15. The minimum Gasteiger partial charge on any atom is -0.460 e. The molecule has 0 radical (unpaired) electrons. The molecule has 1 aromatic carbocycles. The van der Waals surface area contributed by atoms with E-state index in [0.717, 1.165) is 30.6 Å². The number of hydrogen-bond donors (Lipinski definition) is 1. The Kier molecular flexibility index (Phi) is 8.61. The Hall–Kier alpha value is -3.07. The monoisotopic (exact) mass is 594 g/mol. The van der Waals surface area contributed by atoms with Crippen LogP contribution in [0, 0.1) is 30.1 Å². The molecule has 3 aliphatic rings. The predicted octanol–water partition coefficient (Wildman–Crippen LogP) is 6.55. The second-order valence-electron chi connectivity index (χ2n) is 13.5. The Bertz CT molecular complexity index is 1380. The first-order valence-corrected chi connectivity index (χ1v) is 15.9. The van der Waals surface area contributed by atoms with Crippen LogP contribution in [0.1, 0.15) is 101 Å². The fourth-order valence-corrected chi connectivity index (χ4v) is 8.32. The number of aryl methyl sites for hydroxylation is 2. The largest absolute Gasteiger partial charge is 0.460 e. The third-order valence-corrected chi connectivity index (χ3v) is 10.2. The minimum absolute atomic E-state index is 0.0168. The van der Waals surface area contributed by atoms with Gasteiger partial charge in [0.2, 0.25) is 5.91 Å². The lowest BCUT2D eigenvalue weighted by Gasteiger charge is -2.50. The van der Waals surface area contributed by atoms with Gasteiger partial charge in [-0.05, 0) is 107 Å². The van der Waals surface area contributed by atoms with Crippen LogP contribution in [0.15, 0.2) is 24.4 Å². The minimum atomic E-state index is -0.588. The topological polar surface area (TPSA) is 112 Å². The lowest BCUT2D eigenvalue weighted by atomic mass is 9.54. The number of Topliss-reactive ketones (excluding diaryl/α,β-unsaturated/α-hetero) is 1. The number of benzene rings is 1. The molecule has 42 heavy (non-hydrogen) atoms. The van der Waals surface area contributed by atoms with Gasteiger partial charge in [-0.1, -0.05) is 13.0 Å². The van der Waals surface area contributed by atoms with E-state index in [1.165, 1.54) is 22.5 Å². The molecule has 3 aliphatic carbocycles. The first-order chi connectivity index (χ1) is 19.8. The molecule has 1 amide bonds. The van der Waals surface area contributed by atoms with Crippen molar-refractivity contribution in [2.75, 3.05) is 5.32 Å². The average Bonchev–Trinajstić information content (AvgIpc) is 3.43. The molecule has 5 atom stereocenters. The maximum Gasteiger partial charge on any atom is 0.311 e. The van der Waals surface area contributed by atoms with Gasteiger partial charge in [-0.3, -0.25) is 19.2 Å². The lowest BCUT2D eigenvalue weighted by molar-refractivity contribution is -0.156. The highest BCUT2D eigenvalue weighted by Gasteiger charge is 2.58. The van der Waals surface area contributed by atoms with Crippen LogP contribution in [0.4, 0.5) is 5.13 Å². The Morgan fingerprint density at radius 3 is 2.60 bits per heavy atom. The van der Waals surface area contributed by atoms with Crippen molar-refractivity contribution < 1.29 is 28.7 Å². The Morgan fingerprint density at radius 2 is 1.88 bits per heavy atom. The highest BCUT2D eigenvalue weighted by Crippen LogP contribution is 2.62. The van der Waals surface area contributed by atoms with E-state index >= 15 is 0 Å². The van der Waals surface area contributed by atoms with Crippen LogP contribution in [0.2, 0.25) is 0 Å². The number of carbonyl (C=O) groups excluding carboxylic acids is 4. The standard InChI is InChI=1S/C33H42N2O6S/c1-19-18-34-31(42-19)35-27(37)11-7-21-17-26(36)33(5)15-14-24-23-10-8-22(16-20(23)6-9-25(24)30(21)33)40-28(38)12-13-29(39)41-32(2,3)4/h8,10,16,18,21,24-25,30H,6-7,9,11-15,17H2,1-5H3,(H,34,35,37)/t21-,24?,25?,30?,33-/m1/s1. The maximum atomic E-state index is 13.3. The zero-order valence-corrected chi connectivity index (χ0v) is 26.1. The summed E-state index contributed by atoms with van der Waals surface area (Å²) in [6.45, 7) is 9.50. The number of nitrogens with one attached hydrogen (secondary N) is 1. The summed E-state index contributed by atoms with van der Waals surface area (Å²) in [4.78, 5) is 55.7. The zero-order valence-electron chi connectivity index (χ0n) is 25.3. The number of fused-ring (bicyclic) bond motifs is 5. The van der Waals surface area contributed by atoms with Crippen LogP contribution in [-0.2, 0) is 30.3 Å². The van der Waals surface area contributed by atoms with Gasteiger partial charge in [-0.2, -0.15) is 0 Å². The number of thiazole rings is 1. The summed E-state index contributed by atoms with van der Waals surface area (Å²) in [6, 6.07) is 5.90. The molecule has 0 bridgehead atoms. The number of amides is 1. The summed E-state index contributed by atoms with van der Waals surface area (Å²) in [5, 5.41) is 3.54. The first-order valence-electron chi connectivity index (χ1n) is 15.1. The summed E-state index contributed by atoms with van der Waals surface area (Å²) in [5.41, 5.74) is 1.57. The van der Waals surface area contributed by atoms with Crippen LogP contribution in [0.5, 0.6) is 5.75 Å². The number of hydrogen-bond acceptors (Lipinski definition) is 8. The van der Waals surface area contributed by atoms with E-state index in [9.17, 15) is 19.2 Å². The van der Waals surface area contributed by atoms with Crippen LogP contribution < -0.4 is 10.1 Å². The Balaban J connectivity index is 1.22. The number of esters is 2. The second-order valence-corrected chi connectivity index (χ2v) is 14.7. The van der Waals surface area contributed by atoms with E-state index in [4.69, 9.17) is 9.47 Å². The number of anilines is 1. The van der Waals surface area contributed by atoms with Gasteiger partial charge in [-0.25, -0.2) is 4.98 Å². The fourth-order valence-electron chi connectivity index (χ4n) is 7.64. The van der Waals surface area contributed by atoms with Gasteiger partial charge < -0.3 is 14.8 Å². The molecule has 1 N–H and O–H groups in total. The number of rotatable bonds is 8. The maximum absolute atomic E-state index is 13.3. The molecule has 2 saturated carbocycles. The average molecular weight is 595 g/mol. The number of ketones is 1. The fraction of sp³-hybridized carbons (Fsp3) is 0.606. The van der Waals surface area contributed by atoms with Crippen LogP contribution in [0.3, 0.4) is 0 Å². The van der Waals surface area contributed by atoms with E-state index in [1.54, 1.807) is 27.0 Å². The van der Waals surface area contributed by atoms with Gasteiger partial charge in [-0.15, -0.1) is 11.3 Å². The van der Waals surface area contributed by atoms with Crippen LogP contribution >= 0.6 is 11.3 Å². The Morgan fingerprint density at radius 1 is 1.12 bits per heavy atom. The molecule has 2 fully saturated rings. The molecule has 0 spiro atoms.